The first-order valence-corrected chi connectivity index (χ1v) is 24.7. The summed E-state index contributed by atoms with van der Waals surface area (Å²) in [6.45, 7) is 5.61. The summed E-state index contributed by atoms with van der Waals surface area (Å²) in [5.74, 6) is 0.570. The van der Waals surface area contributed by atoms with E-state index in [0.29, 0.717) is 50.1 Å². The van der Waals surface area contributed by atoms with Gasteiger partial charge in [-0.25, -0.2) is 18.0 Å². The molecule has 4 aromatic rings. The van der Waals surface area contributed by atoms with Gasteiger partial charge in [0.15, 0.2) is 5.82 Å². The molecule has 0 saturated carbocycles. The zero-order valence-electron chi connectivity index (χ0n) is 39.0. The number of amides is 1. The largest absolute Gasteiger partial charge is 0.508 e. The van der Waals surface area contributed by atoms with Gasteiger partial charge in [-0.3, -0.25) is 19.6 Å². The zero-order valence-corrected chi connectivity index (χ0v) is 39.0. The number of phenols is 1. The number of aromatic hydroxyl groups is 1. The Hall–Kier alpha value is -5.36. The molecule has 4 aliphatic rings. The topological polar surface area (TPSA) is 130 Å². The highest BCUT2D eigenvalue weighted by atomic mass is 19.1. The number of esters is 1. The highest BCUT2D eigenvalue weighted by Gasteiger charge is 2.50. The fraction of sp³-hybridized carbons (Fsp3) is 0.596. The molecule has 67 heavy (non-hydrogen) atoms. The van der Waals surface area contributed by atoms with Gasteiger partial charge in [0.05, 0.1) is 28.6 Å². The normalized spacial score (nSPS) is 21.8. The number of phenolic OH excluding ortho intramolecular Hbond substituents is 1. The second-order valence-corrected chi connectivity index (χ2v) is 19.2. The first kappa shape index (κ1) is 48.1. The Bertz CT molecular complexity index is 2440. The maximum atomic E-state index is 17.2. The number of carbonyl (C=O) groups excluding carboxylic acids is 2. The minimum Gasteiger partial charge on any atom is -0.508 e. The quantitative estimate of drug-likeness (QED) is 0.0371. The minimum atomic E-state index is -1.06. The van der Waals surface area contributed by atoms with Gasteiger partial charge in [-0.15, -0.1) is 6.42 Å². The number of pyridine rings is 1. The number of terminal acetylenes is 1. The van der Waals surface area contributed by atoms with Crippen LogP contribution in [0.15, 0.2) is 30.5 Å². The molecule has 15 heteroatoms. The van der Waals surface area contributed by atoms with Crippen LogP contribution < -0.4 is 9.64 Å². The molecule has 6 heterocycles. The van der Waals surface area contributed by atoms with Crippen LogP contribution in [0, 0.1) is 24.0 Å². The molecule has 2 aromatic carbocycles. The van der Waals surface area contributed by atoms with Crippen LogP contribution in [-0.4, -0.2) is 105 Å². The van der Waals surface area contributed by atoms with Crippen LogP contribution in [0.4, 0.5) is 23.8 Å². The summed E-state index contributed by atoms with van der Waals surface area (Å²) in [5.41, 5.74) is -0.893. The maximum absolute atomic E-state index is 17.2. The van der Waals surface area contributed by atoms with Gasteiger partial charge in [-0.05, 0) is 62.2 Å². The van der Waals surface area contributed by atoms with E-state index in [2.05, 4.69) is 27.7 Å². The Morgan fingerprint density at radius 1 is 0.940 bits per heavy atom. The first-order valence-electron chi connectivity index (χ1n) is 24.7. The number of ether oxygens (including phenoxy) is 3. The van der Waals surface area contributed by atoms with Crippen LogP contribution in [0.25, 0.3) is 32.9 Å². The van der Waals surface area contributed by atoms with Crippen molar-refractivity contribution in [1.82, 2.24) is 24.8 Å². The molecule has 0 spiro atoms. The number of alkyl halides is 1. The van der Waals surface area contributed by atoms with Crippen molar-refractivity contribution in [3.05, 3.63) is 47.7 Å². The molecule has 12 nitrogen and oxygen atoms in total. The van der Waals surface area contributed by atoms with Crippen LogP contribution in [0.5, 0.6) is 11.8 Å². The molecular formula is C52H65F3N6O6. The van der Waals surface area contributed by atoms with Gasteiger partial charge in [-0.2, -0.15) is 9.97 Å². The molecule has 2 aromatic heterocycles. The number of halogens is 3. The number of anilines is 1. The van der Waals surface area contributed by atoms with Gasteiger partial charge in [0.2, 0.25) is 6.29 Å². The Labute approximate surface area is 391 Å². The molecule has 1 amide bonds. The Morgan fingerprint density at radius 3 is 2.31 bits per heavy atom. The molecule has 0 aliphatic carbocycles. The lowest BCUT2D eigenvalue weighted by Crippen LogP contribution is -2.56. The molecule has 0 radical (unpaired) electrons. The van der Waals surface area contributed by atoms with E-state index in [4.69, 9.17) is 25.6 Å². The highest BCUT2D eigenvalue weighted by molar-refractivity contribution is 6.03. The van der Waals surface area contributed by atoms with Gasteiger partial charge < -0.3 is 24.2 Å². The number of carbonyl (C=O) groups is 2. The van der Waals surface area contributed by atoms with Gasteiger partial charge in [-0.1, -0.05) is 96.0 Å². The number of aromatic nitrogens is 3. The van der Waals surface area contributed by atoms with Crippen LogP contribution in [0.1, 0.15) is 141 Å². The second-order valence-electron chi connectivity index (χ2n) is 19.2. The van der Waals surface area contributed by atoms with Gasteiger partial charge in [0, 0.05) is 56.5 Å². The lowest BCUT2D eigenvalue weighted by atomic mass is 9.95. The van der Waals surface area contributed by atoms with Crippen molar-refractivity contribution in [3.8, 4) is 35.4 Å². The van der Waals surface area contributed by atoms with E-state index in [9.17, 15) is 19.1 Å². The molecule has 8 rings (SSSR count). The molecule has 4 saturated heterocycles. The number of nitrogens with zero attached hydrogens (tertiary/aromatic N) is 6. The number of piperazine rings is 1. The van der Waals surface area contributed by atoms with E-state index < -0.39 is 41.7 Å². The molecule has 4 aliphatic heterocycles. The predicted molar refractivity (Wildman–Crippen MR) is 252 cm³/mol. The number of rotatable bonds is 21. The maximum Gasteiger partial charge on any atom is 0.413 e. The average Bonchev–Trinajstić information content (AvgIpc) is 3.93. The van der Waals surface area contributed by atoms with Crippen molar-refractivity contribution in [3.63, 3.8) is 0 Å². The number of fused-ring (bicyclic) bond motifs is 5. The van der Waals surface area contributed by atoms with E-state index >= 15 is 8.78 Å². The summed E-state index contributed by atoms with van der Waals surface area (Å²) < 4.78 is 64.5. The van der Waals surface area contributed by atoms with Crippen molar-refractivity contribution >= 4 is 39.6 Å². The molecule has 2 bridgehead atoms. The number of benzene rings is 2. The van der Waals surface area contributed by atoms with Gasteiger partial charge in [0.1, 0.15) is 41.4 Å². The van der Waals surface area contributed by atoms with Crippen molar-refractivity contribution in [2.24, 2.45) is 0 Å². The summed E-state index contributed by atoms with van der Waals surface area (Å²) in [6.07, 6.45) is 23.8. The third-order valence-electron chi connectivity index (χ3n) is 14.4. The summed E-state index contributed by atoms with van der Waals surface area (Å²) in [7, 11) is 0. The highest BCUT2D eigenvalue weighted by Crippen LogP contribution is 2.43. The molecular weight excluding hydrogens is 862 g/mol. The summed E-state index contributed by atoms with van der Waals surface area (Å²) in [4.78, 5) is 46.1. The lowest BCUT2D eigenvalue weighted by molar-refractivity contribution is -0.166. The number of unbranched alkanes of at least 4 members (excludes halogenated alkanes) is 12. The monoisotopic (exact) mass is 926 g/mol. The van der Waals surface area contributed by atoms with Crippen LogP contribution in [-0.2, 0) is 14.3 Å². The van der Waals surface area contributed by atoms with E-state index in [1.807, 2.05) is 4.90 Å². The Morgan fingerprint density at radius 2 is 1.63 bits per heavy atom. The average molecular weight is 927 g/mol. The van der Waals surface area contributed by atoms with Gasteiger partial charge >= 0.3 is 18.1 Å². The predicted octanol–water partition coefficient (Wildman–Crippen LogP) is 10.9. The van der Waals surface area contributed by atoms with E-state index in [0.717, 1.165) is 38.6 Å². The Balaban J connectivity index is 0.936. The fourth-order valence-corrected chi connectivity index (χ4v) is 11.0. The third kappa shape index (κ3) is 10.8. The number of hydrogen-bond donors (Lipinski definition) is 1. The van der Waals surface area contributed by atoms with Crippen LogP contribution in [0.3, 0.4) is 0 Å². The van der Waals surface area contributed by atoms with Crippen molar-refractivity contribution in [2.75, 3.05) is 37.7 Å². The summed E-state index contributed by atoms with van der Waals surface area (Å²) in [5, 5.41) is 11.6. The number of hydrogen-bond acceptors (Lipinski definition) is 11. The summed E-state index contributed by atoms with van der Waals surface area (Å²) >= 11 is 0. The van der Waals surface area contributed by atoms with Crippen LogP contribution >= 0.6 is 0 Å². The second kappa shape index (κ2) is 21.7. The molecule has 4 fully saturated rings. The van der Waals surface area contributed by atoms with Crippen molar-refractivity contribution in [1.29, 1.82) is 0 Å². The van der Waals surface area contributed by atoms with E-state index in [1.54, 1.807) is 11.8 Å². The van der Waals surface area contributed by atoms with E-state index in [1.165, 1.54) is 94.7 Å². The van der Waals surface area contributed by atoms with Gasteiger partial charge in [0.25, 0.3) is 0 Å². The van der Waals surface area contributed by atoms with Crippen molar-refractivity contribution in [2.45, 2.75) is 166 Å². The van der Waals surface area contributed by atoms with Crippen molar-refractivity contribution < 1.29 is 42.1 Å². The standard InChI is InChI=1S/C52H65F3N6O6/c1-4-6-7-8-9-10-11-12-13-14-15-16-17-19-44(63)66-34(3)67-51(64)61-37-21-22-38(61)32-59(31-37)49-42-29-56-47(41-27-39(62)26-35-20-23-43(54)40(5-2)45(35)41)46(55)48(42)57-50(58-49)65-33-52-24-18-25-60(52)30-36(53)28-52/h2,20,23,26-27,29,34,36-38,62H,4,6-19,21-22,24-25,28,30-33H2,1,3H3/t34-,36-,37+,38+,52+/m1/s1. The summed E-state index contributed by atoms with van der Waals surface area (Å²) in [6, 6.07) is 4.65. The molecule has 360 valence electrons. The zero-order chi connectivity index (χ0) is 47.1. The minimum absolute atomic E-state index is 0.0783. The Kier molecular flexibility index (Phi) is 15.6. The molecule has 0 unspecified atom stereocenters. The first-order chi connectivity index (χ1) is 32.5. The smallest absolute Gasteiger partial charge is 0.413 e. The molecule has 1 N–H and O–H groups in total. The van der Waals surface area contributed by atoms with Crippen LogP contribution in [0.2, 0.25) is 0 Å². The molecule has 5 atom stereocenters. The lowest BCUT2D eigenvalue weighted by Gasteiger charge is -2.41. The third-order valence-corrected chi connectivity index (χ3v) is 14.4. The fourth-order valence-electron chi connectivity index (χ4n) is 11.0. The SMILES string of the molecule is C#Cc1c(F)ccc2cc(O)cc(-c3ncc4c(N5C[C@@H]6CC[C@@H](C5)N6C(=O)O[C@H](C)OC(=O)CCCCCCCCCCCCCCC)nc(OC[C@@]56CCCN5C[C@H](F)C6)nc4c3F)c12. The van der Waals surface area contributed by atoms with E-state index in [-0.39, 0.29) is 70.0 Å².